The Morgan fingerprint density at radius 1 is 1.50 bits per heavy atom. The largest absolute Gasteiger partial charge is 0.326 e. The minimum atomic E-state index is -0.0316. The lowest BCUT2D eigenvalue weighted by Gasteiger charge is -2.08. The van der Waals surface area contributed by atoms with Crippen molar-refractivity contribution in [2.75, 3.05) is 5.32 Å². The minimum Gasteiger partial charge on any atom is -0.326 e. The van der Waals surface area contributed by atoms with Crippen molar-refractivity contribution in [2.24, 2.45) is 0 Å². The molecule has 1 aromatic heterocycles. The van der Waals surface area contributed by atoms with E-state index in [1.54, 1.807) is 17.1 Å². The Balaban J connectivity index is 1.91. The fourth-order valence-corrected chi connectivity index (χ4v) is 2.02. The molecule has 1 aromatic carbocycles. The molecule has 1 N–H and O–H groups in total. The Morgan fingerprint density at radius 2 is 2.33 bits per heavy atom. The molecule has 0 fully saturated rings. The molecular weight excluding hydrogens is 296 g/mol. The van der Waals surface area contributed by atoms with Crippen LogP contribution in [0.2, 0.25) is 0 Å². The van der Waals surface area contributed by atoms with E-state index in [0.29, 0.717) is 13.0 Å². The van der Waals surface area contributed by atoms with E-state index in [2.05, 4.69) is 31.6 Å². The molecule has 0 saturated carbocycles. The third kappa shape index (κ3) is 3.40. The Hall–Kier alpha value is -1.69. The molecule has 0 spiro atoms. The van der Waals surface area contributed by atoms with E-state index in [9.17, 15) is 4.79 Å². The van der Waals surface area contributed by atoms with Crippen molar-refractivity contribution in [1.82, 2.24) is 15.0 Å². The summed E-state index contributed by atoms with van der Waals surface area (Å²) in [4.78, 5) is 11.8. The molecule has 0 unspecified atom stereocenters. The smallest absolute Gasteiger partial charge is 0.226 e. The van der Waals surface area contributed by atoms with Crippen LogP contribution < -0.4 is 5.32 Å². The van der Waals surface area contributed by atoms with E-state index in [0.717, 1.165) is 15.7 Å². The lowest BCUT2D eigenvalue weighted by molar-refractivity contribution is -0.116. The van der Waals surface area contributed by atoms with E-state index >= 15 is 0 Å². The van der Waals surface area contributed by atoms with E-state index in [1.807, 2.05) is 25.1 Å². The summed E-state index contributed by atoms with van der Waals surface area (Å²) in [6, 6.07) is 5.75. The van der Waals surface area contributed by atoms with Crippen molar-refractivity contribution >= 4 is 27.5 Å². The highest BCUT2D eigenvalue weighted by Gasteiger charge is 2.05. The summed E-state index contributed by atoms with van der Waals surface area (Å²) in [5.74, 6) is -0.0316. The van der Waals surface area contributed by atoms with Crippen LogP contribution in [0, 0.1) is 6.92 Å². The highest BCUT2D eigenvalue weighted by Crippen LogP contribution is 2.20. The zero-order chi connectivity index (χ0) is 13.0. The van der Waals surface area contributed by atoms with Crippen molar-refractivity contribution in [3.63, 3.8) is 0 Å². The number of nitrogens with zero attached hydrogens (tertiary/aromatic N) is 3. The van der Waals surface area contributed by atoms with E-state index in [1.165, 1.54) is 0 Å². The second-order valence-corrected chi connectivity index (χ2v) is 4.84. The molecule has 0 bridgehead atoms. The van der Waals surface area contributed by atoms with Crippen LogP contribution in [0.15, 0.2) is 35.1 Å². The summed E-state index contributed by atoms with van der Waals surface area (Å²) in [6.07, 6.45) is 3.70. The van der Waals surface area contributed by atoms with Gasteiger partial charge in [-0.05, 0) is 30.7 Å². The van der Waals surface area contributed by atoms with E-state index in [4.69, 9.17) is 0 Å². The van der Waals surface area contributed by atoms with Crippen LogP contribution in [0.25, 0.3) is 0 Å². The molecular formula is C12H13BrN4O. The van der Waals surface area contributed by atoms with Gasteiger partial charge in [0.05, 0.1) is 12.7 Å². The van der Waals surface area contributed by atoms with Gasteiger partial charge in [0.15, 0.2) is 0 Å². The number of rotatable bonds is 4. The summed E-state index contributed by atoms with van der Waals surface area (Å²) in [5, 5.41) is 10.4. The summed E-state index contributed by atoms with van der Waals surface area (Å²) in [7, 11) is 0. The molecule has 0 radical (unpaired) electrons. The van der Waals surface area contributed by atoms with Gasteiger partial charge in [0, 0.05) is 22.8 Å². The minimum absolute atomic E-state index is 0.0316. The molecule has 18 heavy (non-hydrogen) atoms. The third-order valence-electron chi connectivity index (χ3n) is 2.50. The van der Waals surface area contributed by atoms with Crippen LogP contribution in [0.1, 0.15) is 12.0 Å². The number of aryl methyl sites for hydroxylation is 2. The molecule has 2 aromatic rings. The first kappa shape index (κ1) is 12.8. The van der Waals surface area contributed by atoms with Gasteiger partial charge in [0.25, 0.3) is 0 Å². The normalized spacial score (nSPS) is 10.3. The van der Waals surface area contributed by atoms with Crippen molar-refractivity contribution < 1.29 is 4.79 Å². The SMILES string of the molecule is Cc1cc(Br)ccc1NC(=O)CCn1ccnn1. The number of carbonyl (C=O) groups excluding carboxylic acids is 1. The molecule has 6 heteroatoms. The number of hydrogen-bond acceptors (Lipinski definition) is 3. The Labute approximate surface area is 113 Å². The van der Waals surface area contributed by atoms with Crippen molar-refractivity contribution in [3.05, 3.63) is 40.6 Å². The molecule has 2 rings (SSSR count). The van der Waals surface area contributed by atoms with Crippen LogP contribution in [-0.2, 0) is 11.3 Å². The standard InChI is InChI=1S/C12H13BrN4O/c1-9-8-10(13)2-3-11(9)15-12(18)4-6-17-7-5-14-16-17/h2-3,5,7-8H,4,6H2,1H3,(H,15,18). The average molecular weight is 309 g/mol. The first-order valence-electron chi connectivity index (χ1n) is 5.55. The summed E-state index contributed by atoms with van der Waals surface area (Å²) < 4.78 is 2.63. The topological polar surface area (TPSA) is 59.8 Å². The zero-order valence-electron chi connectivity index (χ0n) is 9.93. The van der Waals surface area contributed by atoms with E-state index in [-0.39, 0.29) is 5.91 Å². The van der Waals surface area contributed by atoms with Crippen LogP contribution >= 0.6 is 15.9 Å². The molecule has 0 aliphatic heterocycles. The second kappa shape index (κ2) is 5.77. The van der Waals surface area contributed by atoms with Crippen LogP contribution in [0.5, 0.6) is 0 Å². The quantitative estimate of drug-likeness (QED) is 0.943. The number of benzene rings is 1. The number of nitrogens with one attached hydrogen (secondary N) is 1. The van der Waals surface area contributed by atoms with Crippen molar-refractivity contribution in [1.29, 1.82) is 0 Å². The third-order valence-corrected chi connectivity index (χ3v) is 3.00. The van der Waals surface area contributed by atoms with Crippen molar-refractivity contribution in [2.45, 2.75) is 19.9 Å². The lowest BCUT2D eigenvalue weighted by atomic mass is 10.2. The summed E-state index contributed by atoms with van der Waals surface area (Å²) in [6.45, 7) is 2.49. The first-order valence-corrected chi connectivity index (χ1v) is 6.34. The van der Waals surface area contributed by atoms with Gasteiger partial charge < -0.3 is 5.32 Å². The van der Waals surface area contributed by atoms with Gasteiger partial charge in [0.1, 0.15) is 0 Å². The van der Waals surface area contributed by atoms with Crippen LogP contribution in [0.4, 0.5) is 5.69 Å². The Bertz CT molecular complexity index is 539. The van der Waals surface area contributed by atoms with E-state index < -0.39 is 0 Å². The van der Waals surface area contributed by atoms with Gasteiger partial charge in [-0.25, -0.2) is 0 Å². The number of carbonyl (C=O) groups is 1. The zero-order valence-corrected chi connectivity index (χ0v) is 11.5. The van der Waals surface area contributed by atoms with Gasteiger partial charge in [-0.3, -0.25) is 9.48 Å². The van der Waals surface area contributed by atoms with Crippen molar-refractivity contribution in [3.8, 4) is 0 Å². The summed E-state index contributed by atoms with van der Waals surface area (Å²) in [5.41, 5.74) is 1.86. The average Bonchev–Trinajstić information content (AvgIpc) is 2.83. The highest BCUT2D eigenvalue weighted by atomic mass is 79.9. The van der Waals surface area contributed by atoms with Gasteiger partial charge in [0.2, 0.25) is 5.91 Å². The monoisotopic (exact) mass is 308 g/mol. The molecule has 94 valence electrons. The summed E-state index contributed by atoms with van der Waals surface area (Å²) >= 11 is 3.39. The second-order valence-electron chi connectivity index (χ2n) is 3.92. The number of hydrogen-bond donors (Lipinski definition) is 1. The maximum atomic E-state index is 11.8. The van der Waals surface area contributed by atoms with Crippen LogP contribution in [0.3, 0.4) is 0 Å². The molecule has 5 nitrogen and oxygen atoms in total. The fraction of sp³-hybridized carbons (Fsp3) is 0.250. The molecule has 0 saturated heterocycles. The van der Waals surface area contributed by atoms with Gasteiger partial charge in [-0.1, -0.05) is 21.1 Å². The molecule has 1 heterocycles. The molecule has 0 atom stereocenters. The maximum Gasteiger partial charge on any atom is 0.226 e. The predicted molar refractivity (Wildman–Crippen MR) is 72.1 cm³/mol. The Kier molecular flexibility index (Phi) is 4.09. The van der Waals surface area contributed by atoms with Gasteiger partial charge in [-0.15, -0.1) is 5.10 Å². The molecule has 0 aliphatic rings. The fourth-order valence-electron chi connectivity index (χ4n) is 1.55. The predicted octanol–water partition coefficient (Wildman–Crippen LogP) is 2.38. The number of halogens is 1. The van der Waals surface area contributed by atoms with Gasteiger partial charge >= 0.3 is 0 Å². The molecule has 1 amide bonds. The maximum absolute atomic E-state index is 11.8. The van der Waals surface area contributed by atoms with Crippen LogP contribution in [-0.4, -0.2) is 20.9 Å². The molecule has 0 aliphatic carbocycles. The number of aromatic nitrogens is 3. The first-order chi connectivity index (χ1) is 8.65. The highest BCUT2D eigenvalue weighted by molar-refractivity contribution is 9.10. The number of anilines is 1. The Morgan fingerprint density at radius 3 is 3.00 bits per heavy atom. The van der Waals surface area contributed by atoms with Gasteiger partial charge in [-0.2, -0.15) is 0 Å². The lowest BCUT2D eigenvalue weighted by Crippen LogP contribution is -2.15. The number of amides is 1.